The van der Waals surface area contributed by atoms with E-state index in [1.54, 1.807) is 0 Å². The van der Waals surface area contributed by atoms with E-state index in [-0.39, 0.29) is 0 Å². The first-order chi connectivity index (χ1) is 9.49. The van der Waals surface area contributed by atoms with Crippen molar-refractivity contribution >= 4 is 0 Å². The minimum atomic E-state index is -2.50. The summed E-state index contributed by atoms with van der Waals surface area (Å²) in [7, 11) is 0. The van der Waals surface area contributed by atoms with Crippen molar-refractivity contribution in [3.8, 4) is 0 Å². The average Bonchev–Trinajstić information content (AvgIpc) is 2.35. The van der Waals surface area contributed by atoms with E-state index < -0.39 is 263 Å². The minimum absolute atomic E-state index is 2.02. The van der Waals surface area contributed by atoms with Crippen molar-refractivity contribution < 1.29 is 272 Å². The van der Waals surface area contributed by atoms with Crippen LogP contribution in [-0.2, 0) is 9.22 Å². The fourth-order valence-corrected chi connectivity index (χ4v) is 1.25. The fraction of sp³-hybridized carbons (Fsp3) is 0. The van der Waals surface area contributed by atoms with Gasteiger partial charge in [-0.05, 0) is 0 Å². The third-order valence-corrected chi connectivity index (χ3v) is 6.11. The average molecular weight is 1190 g/mol. The summed E-state index contributed by atoms with van der Waals surface area (Å²) in [6.07, 6.45) is 0. The van der Waals surface area contributed by atoms with Gasteiger partial charge in [0, 0.05) is 0 Å². The Kier molecular flexibility index (Phi) is 150. The van der Waals surface area contributed by atoms with Crippen LogP contribution in [0.15, 0.2) is 0 Å². The molecule has 0 saturated carbocycles. The van der Waals surface area contributed by atoms with Gasteiger partial charge in [0.25, 0.3) is 0 Å². The third-order valence-electron chi connectivity index (χ3n) is 0.111. The molecule has 0 aromatic rings. The quantitative estimate of drug-likeness (QED) is 0.309. The van der Waals surface area contributed by atoms with Gasteiger partial charge in [0.05, 0.1) is 0 Å². The number of hydrogen-bond acceptors (Lipinski definition) is 13. The molecule has 0 radical (unpaired) electrons. The molecule has 0 atom stereocenters. The summed E-state index contributed by atoms with van der Waals surface area (Å²) in [5, 5.41) is 0. The van der Waals surface area contributed by atoms with E-state index in [4.69, 9.17) is 9.95 Å². The van der Waals surface area contributed by atoms with Crippen molar-refractivity contribution in [2.45, 2.75) is 0 Å². The van der Waals surface area contributed by atoms with Crippen LogP contribution in [0.1, 0.15) is 0 Å². The molecule has 0 aliphatic heterocycles. The van der Waals surface area contributed by atoms with Crippen molar-refractivity contribution in [1.82, 2.24) is 0 Å². The predicted octanol–water partition coefficient (Wildman–Crippen LogP) is -1.49. The van der Waals surface area contributed by atoms with Crippen LogP contribution < -0.4 is 0 Å². The molecule has 0 heterocycles. The van der Waals surface area contributed by atoms with E-state index in [0.29, 0.717) is 0 Å². The second kappa shape index (κ2) is 72.1. The van der Waals surface area contributed by atoms with Gasteiger partial charge in [0.2, 0.25) is 0 Å². The van der Waals surface area contributed by atoms with Crippen LogP contribution >= 0.6 is 0 Å². The van der Waals surface area contributed by atoms with Gasteiger partial charge in [-0.1, -0.05) is 0 Å². The van der Waals surface area contributed by atoms with Crippen LogP contribution in [0, 0.1) is 263 Å². The van der Waals surface area contributed by atoms with Gasteiger partial charge in [0.1, 0.15) is 0 Å². The van der Waals surface area contributed by atoms with Crippen molar-refractivity contribution in [3.05, 3.63) is 0 Å². The maximum atomic E-state index is 9.37. The zero-order valence-electron chi connectivity index (χ0n) is 9.35. The Morgan fingerprint density at radius 1 is 0.350 bits per heavy atom. The van der Waals surface area contributed by atoms with E-state index in [0.717, 1.165) is 0 Å². The van der Waals surface area contributed by atoms with Gasteiger partial charge in [-0.25, -0.2) is 0 Å². The predicted molar refractivity (Wildman–Crippen MR) is 9.32 cm³/mol. The Morgan fingerprint density at radius 2 is 0.450 bits per heavy atom. The van der Waals surface area contributed by atoms with E-state index in [1.165, 1.54) is 0 Å². The van der Waals surface area contributed by atoms with Gasteiger partial charge < -0.3 is 0 Å². The van der Waals surface area contributed by atoms with Gasteiger partial charge in [-0.2, -0.15) is 0 Å². The summed E-state index contributed by atoms with van der Waals surface area (Å²) in [5.74, 6) is 0. The Bertz CT molecular complexity index is 275. The Labute approximate surface area is 260 Å². The van der Waals surface area contributed by atoms with E-state index in [1.807, 2.05) is 0 Å². The fourth-order valence-electron chi connectivity index (χ4n) is 0.0227. The molecule has 0 aliphatic carbocycles. The van der Waals surface area contributed by atoms with Crippen molar-refractivity contribution in [2.24, 2.45) is 0 Å². The second-order valence-corrected chi connectivity index (χ2v) is 12.5. The molecular formula is O13Pr7. The molecule has 0 unspecified atom stereocenters. The van der Waals surface area contributed by atoms with Crippen molar-refractivity contribution in [1.29, 1.82) is 0 Å². The van der Waals surface area contributed by atoms with Gasteiger partial charge in [-0.15, -0.1) is 0 Å². The van der Waals surface area contributed by atoms with Crippen LogP contribution in [-0.4, -0.2) is 0 Å². The summed E-state index contributed by atoms with van der Waals surface area (Å²) in [4.78, 5) is 0. The standard InChI is InChI=1S/13O.7Pr. The molecule has 0 aromatic heterocycles. The molecule has 0 saturated heterocycles. The van der Waals surface area contributed by atoms with E-state index >= 15 is 0 Å². The molecule has 20 heteroatoms. The maximum absolute atomic E-state index is 9.37. The molecule has 0 aromatic carbocycles. The topological polar surface area (TPSA) is 214 Å². The van der Waals surface area contributed by atoms with Crippen LogP contribution in [0.5, 0.6) is 0 Å². The van der Waals surface area contributed by atoms with Crippen LogP contribution in [0.25, 0.3) is 0 Å². The summed E-state index contributed by atoms with van der Waals surface area (Å²) in [6, 6.07) is 0. The monoisotopic (exact) mass is 1190 g/mol. The molecule has 13 nitrogen and oxygen atoms in total. The third kappa shape index (κ3) is 176. The SMILES string of the molecule is [O]=[Pr]=[O].[O]=[Pr]=[O].[O]=[Pr]=[O].[O]=[Pr]=[O].[O]=[Pr]=[O].[O]=[Pr][O][Pr]=[O]. The zero-order chi connectivity index (χ0) is 17.7. The summed E-state index contributed by atoms with van der Waals surface area (Å²) in [6.45, 7) is 0. The molecule has 0 amide bonds. The molecule has 0 rings (SSSR count). The van der Waals surface area contributed by atoms with Crippen molar-refractivity contribution in [2.75, 3.05) is 0 Å². The first kappa shape index (κ1) is 41.5. The molecule has 0 aliphatic rings. The summed E-state index contributed by atoms with van der Waals surface area (Å²) in [5.41, 5.74) is 0. The summed E-state index contributed by atoms with van der Waals surface area (Å²) >= 11 is -16.5. The van der Waals surface area contributed by atoms with Crippen LogP contribution in [0.4, 0.5) is 0 Å². The van der Waals surface area contributed by atoms with Crippen molar-refractivity contribution in [3.63, 3.8) is 0 Å². The van der Waals surface area contributed by atoms with Gasteiger partial charge in [0.15, 0.2) is 0 Å². The zero-order valence-corrected chi connectivity index (χ0v) is 35.3. The van der Waals surface area contributed by atoms with Gasteiger partial charge >= 0.3 is 272 Å². The Morgan fingerprint density at radius 3 is 0.450 bits per heavy atom. The molecular weight excluding hydrogens is 1190 g/mol. The first-order valence-corrected chi connectivity index (χ1v) is 24.5. The van der Waals surface area contributed by atoms with E-state index in [9.17, 15) is 1.99 Å². The molecule has 0 fully saturated rings. The summed E-state index contributed by atoms with van der Waals surface area (Å²) < 4.78 is 109. The molecule has 0 N–H and O–H groups in total. The molecule has 20 heavy (non-hydrogen) atoms. The van der Waals surface area contributed by atoms with E-state index in [2.05, 4.69) is -2.72 Å². The second-order valence-electron chi connectivity index (χ2n) is 0.810. The molecule has 0 bridgehead atoms. The van der Waals surface area contributed by atoms with Crippen LogP contribution in [0.2, 0.25) is 0 Å². The molecule has 99 valence electrons. The number of hydrogen-bond donors (Lipinski definition) is 0. The Balaban J connectivity index is -0.0000000299. The normalized spacial score (nSPS) is 3.20. The first-order valence-electron chi connectivity index (χ1n) is 3.30. The van der Waals surface area contributed by atoms with Gasteiger partial charge in [-0.3, -0.25) is 0 Å². The van der Waals surface area contributed by atoms with Crippen LogP contribution in [0.3, 0.4) is 0 Å². The number of rotatable bonds is 2. The molecule has 0 spiro atoms. The Hall–Kier alpha value is 7.11.